The number of unbranched alkanes of at least 4 members (excludes halogenated alkanes) is 3. The summed E-state index contributed by atoms with van der Waals surface area (Å²) >= 11 is 0. The van der Waals surface area contributed by atoms with Crippen LogP contribution in [-0.2, 0) is 9.53 Å². The zero-order valence-electron chi connectivity index (χ0n) is 15.8. The van der Waals surface area contributed by atoms with E-state index in [2.05, 4.69) is 17.6 Å². The highest BCUT2D eigenvalue weighted by Crippen LogP contribution is 2.29. The SMILES string of the molecule is CCCCCCOC(=O)C1=C(C)NC(=O)N[C@@H]1c1cccc(OCC)c1. The number of hydrogen-bond donors (Lipinski definition) is 2. The standard InChI is InChI=1S/C20H28N2O4/c1-4-6-7-8-12-26-19(23)17-14(3)21-20(24)22-18(17)15-10-9-11-16(13-15)25-5-2/h9-11,13,18H,4-8,12H2,1-3H3,(H2,21,22,24)/t18-/m1/s1. The molecule has 1 heterocycles. The van der Waals surface area contributed by atoms with Gasteiger partial charge < -0.3 is 20.1 Å². The second kappa shape index (κ2) is 9.85. The van der Waals surface area contributed by atoms with E-state index in [1.54, 1.807) is 6.92 Å². The molecular formula is C20H28N2O4. The Hall–Kier alpha value is -2.50. The molecule has 26 heavy (non-hydrogen) atoms. The van der Waals surface area contributed by atoms with Gasteiger partial charge in [0.2, 0.25) is 0 Å². The van der Waals surface area contributed by atoms with E-state index in [1.807, 2.05) is 31.2 Å². The highest BCUT2D eigenvalue weighted by atomic mass is 16.5. The molecule has 0 radical (unpaired) electrons. The van der Waals surface area contributed by atoms with Gasteiger partial charge in [0, 0.05) is 5.70 Å². The van der Waals surface area contributed by atoms with Crippen molar-refractivity contribution < 1.29 is 19.1 Å². The molecule has 2 rings (SSSR count). The zero-order chi connectivity index (χ0) is 18.9. The number of hydrogen-bond acceptors (Lipinski definition) is 4. The molecule has 0 spiro atoms. The van der Waals surface area contributed by atoms with E-state index in [1.165, 1.54) is 0 Å². The van der Waals surface area contributed by atoms with Crippen molar-refractivity contribution in [2.24, 2.45) is 0 Å². The first-order valence-corrected chi connectivity index (χ1v) is 9.25. The largest absolute Gasteiger partial charge is 0.494 e. The summed E-state index contributed by atoms with van der Waals surface area (Å²) in [5.41, 5.74) is 1.72. The van der Waals surface area contributed by atoms with E-state index in [4.69, 9.17) is 9.47 Å². The summed E-state index contributed by atoms with van der Waals surface area (Å²) in [5.74, 6) is 0.293. The molecule has 1 aliphatic rings. The van der Waals surface area contributed by atoms with Gasteiger partial charge in [-0.15, -0.1) is 0 Å². The topological polar surface area (TPSA) is 76.7 Å². The number of urea groups is 1. The highest BCUT2D eigenvalue weighted by molar-refractivity contribution is 5.95. The van der Waals surface area contributed by atoms with Crippen LogP contribution in [0.3, 0.4) is 0 Å². The summed E-state index contributed by atoms with van der Waals surface area (Å²) in [6, 6.07) is 6.49. The number of rotatable bonds is 9. The summed E-state index contributed by atoms with van der Waals surface area (Å²) in [6.45, 7) is 6.69. The second-order valence-electron chi connectivity index (χ2n) is 6.27. The van der Waals surface area contributed by atoms with Crippen LogP contribution < -0.4 is 15.4 Å². The molecular weight excluding hydrogens is 332 g/mol. The van der Waals surface area contributed by atoms with Gasteiger partial charge in [0.25, 0.3) is 0 Å². The summed E-state index contributed by atoms with van der Waals surface area (Å²) in [5, 5.41) is 5.47. The minimum Gasteiger partial charge on any atom is -0.494 e. The average Bonchev–Trinajstić information content (AvgIpc) is 2.61. The van der Waals surface area contributed by atoms with Gasteiger partial charge in [-0.2, -0.15) is 0 Å². The third kappa shape index (κ3) is 5.25. The van der Waals surface area contributed by atoms with Gasteiger partial charge in [-0.25, -0.2) is 9.59 Å². The fourth-order valence-electron chi connectivity index (χ4n) is 2.94. The number of carbonyl (C=O) groups excluding carboxylic acids is 2. The molecule has 1 aromatic rings. The molecule has 0 saturated carbocycles. The monoisotopic (exact) mass is 360 g/mol. The van der Waals surface area contributed by atoms with Crippen molar-refractivity contribution in [1.29, 1.82) is 0 Å². The van der Waals surface area contributed by atoms with Gasteiger partial charge >= 0.3 is 12.0 Å². The van der Waals surface area contributed by atoms with Crippen LogP contribution >= 0.6 is 0 Å². The third-order valence-corrected chi connectivity index (χ3v) is 4.22. The fraction of sp³-hybridized carbons (Fsp3) is 0.500. The maximum absolute atomic E-state index is 12.6. The molecule has 1 atom stereocenters. The summed E-state index contributed by atoms with van der Waals surface area (Å²) in [6.07, 6.45) is 4.14. The number of ether oxygens (including phenoxy) is 2. The quantitative estimate of drug-likeness (QED) is 0.518. The van der Waals surface area contributed by atoms with Crippen LogP contribution in [0.1, 0.15) is 58.1 Å². The van der Waals surface area contributed by atoms with Gasteiger partial charge in [0.15, 0.2) is 0 Å². The first-order chi connectivity index (χ1) is 12.6. The van der Waals surface area contributed by atoms with E-state index >= 15 is 0 Å². The van der Waals surface area contributed by atoms with E-state index < -0.39 is 12.0 Å². The van der Waals surface area contributed by atoms with Gasteiger partial charge in [-0.05, 0) is 38.0 Å². The number of nitrogens with one attached hydrogen (secondary N) is 2. The Labute approximate surface area is 154 Å². The molecule has 6 nitrogen and oxygen atoms in total. The maximum atomic E-state index is 12.6. The highest BCUT2D eigenvalue weighted by Gasteiger charge is 2.32. The first-order valence-electron chi connectivity index (χ1n) is 9.25. The minimum atomic E-state index is -0.563. The van der Waals surface area contributed by atoms with Gasteiger partial charge in [-0.1, -0.05) is 38.3 Å². The van der Waals surface area contributed by atoms with Gasteiger partial charge in [0.1, 0.15) is 5.75 Å². The van der Waals surface area contributed by atoms with Crippen molar-refractivity contribution in [2.45, 2.75) is 52.5 Å². The van der Waals surface area contributed by atoms with Crippen LogP contribution in [0.25, 0.3) is 0 Å². The van der Waals surface area contributed by atoms with E-state index in [0.717, 1.165) is 31.2 Å². The zero-order valence-corrected chi connectivity index (χ0v) is 15.8. The molecule has 142 valence electrons. The minimum absolute atomic E-state index is 0.339. The Balaban J connectivity index is 2.17. The third-order valence-electron chi connectivity index (χ3n) is 4.22. The Morgan fingerprint density at radius 2 is 2.00 bits per heavy atom. The lowest BCUT2D eigenvalue weighted by atomic mass is 9.95. The lowest BCUT2D eigenvalue weighted by Crippen LogP contribution is -2.45. The molecule has 1 aromatic carbocycles. The van der Waals surface area contributed by atoms with Crippen molar-refractivity contribution >= 4 is 12.0 Å². The molecule has 0 bridgehead atoms. The average molecular weight is 360 g/mol. The van der Waals surface area contributed by atoms with Crippen molar-refractivity contribution in [2.75, 3.05) is 13.2 Å². The van der Waals surface area contributed by atoms with Crippen LogP contribution in [0, 0.1) is 0 Å². The lowest BCUT2D eigenvalue weighted by Gasteiger charge is -2.28. The smallest absolute Gasteiger partial charge is 0.338 e. The van der Waals surface area contributed by atoms with Gasteiger partial charge in [0.05, 0.1) is 24.8 Å². The van der Waals surface area contributed by atoms with Crippen LogP contribution in [0.5, 0.6) is 5.75 Å². The van der Waals surface area contributed by atoms with Gasteiger partial charge in [-0.3, -0.25) is 0 Å². The summed E-state index contributed by atoms with van der Waals surface area (Å²) < 4.78 is 11.0. The normalized spacial score (nSPS) is 16.7. The molecule has 0 saturated heterocycles. The number of carbonyl (C=O) groups is 2. The first kappa shape index (κ1) is 19.8. The van der Waals surface area contributed by atoms with Crippen LogP contribution in [0.2, 0.25) is 0 Å². The van der Waals surface area contributed by atoms with Crippen LogP contribution in [0.15, 0.2) is 35.5 Å². The predicted octanol–water partition coefficient (Wildman–Crippen LogP) is 3.84. The lowest BCUT2D eigenvalue weighted by molar-refractivity contribution is -0.139. The number of esters is 1. The number of allylic oxidation sites excluding steroid dienone is 1. The molecule has 0 fully saturated rings. The van der Waals surface area contributed by atoms with Crippen molar-refractivity contribution in [3.63, 3.8) is 0 Å². The van der Waals surface area contributed by atoms with E-state index in [0.29, 0.717) is 30.2 Å². The Bertz CT molecular complexity index is 670. The summed E-state index contributed by atoms with van der Waals surface area (Å²) in [4.78, 5) is 24.6. The molecule has 2 N–H and O–H groups in total. The predicted molar refractivity (Wildman–Crippen MR) is 99.8 cm³/mol. The van der Waals surface area contributed by atoms with Crippen LogP contribution in [0.4, 0.5) is 4.79 Å². The molecule has 0 aromatic heterocycles. The number of amides is 2. The fourth-order valence-corrected chi connectivity index (χ4v) is 2.94. The maximum Gasteiger partial charge on any atom is 0.338 e. The Kier molecular flexibility index (Phi) is 7.51. The van der Waals surface area contributed by atoms with Crippen LogP contribution in [-0.4, -0.2) is 25.2 Å². The van der Waals surface area contributed by atoms with E-state index in [-0.39, 0.29) is 6.03 Å². The van der Waals surface area contributed by atoms with Crippen molar-refractivity contribution in [3.05, 3.63) is 41.1 Å². The molecule has 0 unspecified atom stereocenters. The second-order valence-corrected chi connectivity index (χ2v) is 6.27. The molecule has 2 amide bonds. The summed E-state index contributed by atoms with van der Waals surface area (Å²) in [7, 11) is 0. The molecule has 0 aliphatic carbocycles. The van der Waals surface area contributed by atoms with Crippen molar-refractivity contribution in [3.8, 4) is 5.75 Å². The Morgan fingerprint density at radius 3 is 2.73 bits per heavy atom. The van der Waals surface area contributed by atoms with E-state index in [9.17, 15) is 9.59 Å². The van der Waals surface area contributed by atoms with Crippen molar-refractivity contribution in [1.82, 2.24) is 10.6 Å². The molecule has 1 aliphatic heterocycles. The number of benzene rings is 1. The molecule has 6 heteroatoms. The Morgan fingerprint density at radius 1 is 1.19 bits per heavy atom.